The molecule has 4 heterocycles. The number of rotatable bonds is 6. The molecule has 0 saturated carbocycles. The predicted octanol–water partition coefficient (Wildman–Crippen LogP) is 2.50. The molecule has 2 aliphatic heterocycles. The number of carbonyl (C=O) groups is 1. The van der Waals surface area contributed by atoms with Gasteiger partial charge in [-0.05, 0) is 37.4 Å². The van der Waals surface area contributed by atoms with Gasteiger partial charge < -0.3 is 16.4 Å². The Balaban J connectivity index is 1.47. The molecular weight excluding hydrogens is 421 g/mol. The Labute approximate surface area is 191 Å². The van der Waals surface area contributed by atoms with E-state index in [1.54, 1.807) is 6.07 Å². The minimum atomic E-state index is -0.729. The molecule has 0 bridgehead atoms. The average Bonchev–Trinajstić information content (AvgIpc) is 3.24. The van der Waals surface area contributed by atoms with Gasteiger partial charge in [0, 0.05) is 37.8 Å². The van der Waals surface area contributed by atoms with Crippen molar-refractivity contribution in [1.82, 2.24) is 25.2 Å². The first-order valence-electron chi connectivity index (χ1n) is 11.5. The van der Waals surface area contributed by atoms with Crippen LogP contribution in [0.25, 0.3) is 22.3 Å². The second-order valence-electron chi connectivity index (χ2n) is 8.84. The molecule has 172 valence electrons. The van der Waals surface area contributed by atoms with Crippen molar-refractivity contribution in [2.75, 3.05) is 31.5 Å². The van der Waals surface area contributed by atoms with Crippen LogP contribution in [0.2, 0.25) is 0 Å². The van der Waals surface area contributed by atoms with Crippen LogP contribution in [0.1, 0.15) is 35.2 Å². The normalized spacial score (nSPS) is 21.4. The molecule has 2 aliphatic rings. The molecule has 2 aromatic heterocycles. The maximum Gasteiger partial charge on any atom is 0.251 e. The average molecular weight is 450 g/mol. The van der Waals surface area contributed by atoms with Crippen molar-refractivity contribution in [2.24, 2.45) is 5.73 Å². The van der Waals surface area contributed by atoms with Crippen molar-refractivity contribution in [1.29, 1.82) is 0 Å². The van der Waals surface area contributed by atoms with Gasteiger partial charge in [0.05, 0.1) is 11.3 Å². The molecule has 0 radical (unpaired) electrons. The number of primary amides is 1. The van der Waals surface area contributed by atoms with Gasteiger partial charge in [0.2, 0.25) is 0 Å². The number of piperidine rings is 1. The molecule has 9 heteroatoms. The standard InChI is InChI=1S/C24H28FN7O/c25-17-7-9-32(13-17)12-15-3-5-16(6-4-15)20-10-19(23(26)33)21-22(31-20)24(29-14-28-21)30-18-2-1-8-27-11-18/h3-6,10,14,17-18,27H,1-2,7-9,11-13H2,(H2,26,33)(H,28,29,30)/t17-,18-/m0/s1. The van der Waals surface area contributed by atoms with Gasteiger partial charge in [-0.25, -0.2) is 19.3 Å². The van der Waals surface area contributed by atoms with Crippen molar-refractivity contribution < 1.29 is 9.18 Å². The number of amides is 1. The van der Waals surface area contributed by atoms with E-state index in [0.717, 1.165) is 50.1 Å². The Hall–Kier alpha value is -3.17. The van der Waals surface area contributed by atoms with Crippen molar-refractivity contribution in [2.45, 2.75) is 38.0 Å². The quantitative estimate of drug-likeness (QED) is 0.530. The number of alkyl halides is 1. The molecule has 1 aromatic carbocycles. The predicted molar refractivity (Wildman–Crippen MR) is 126 cm³/mol. The zero-order valence-corrected chi connectivity index (χ0v) is 18.4. The van der Waals surface area contributed by atoms with E-state index >= 15 is 0 Å². The van der Waals surface area contributed by atoms with Gasteiger partial charge >= 0.3 is 0 Å². The third-order valence-corrected chi connectivity index (χ3v) is 6.36. The Morgan fingerprint density at radius 1 is 1.21 bits per heavy atom. The van der Waals surface area contributed by atoms with Gasteiger partial charge in [0.1, 0.15) is 23.5 Å². The van der Waals surface area contributed by atoms with Crippen LogP contribution in [0.3, 0.4) is 0 Å². The SMILES string of the molecule is NC(=O)c1cc(-c2ccc(CN3CC[C@H](F)C3)cc2)nc2c(N[C@H]3CCCNC3)ncnc12. The summed E-state index contributed by atoms with van der Waals surface area (Å²) in [6.45, 7) is 3.84. The summed E-state index contributed by atoms with van der Waals surface area (Å²) in [6, 6.07) is 9.90. The van der Waals surface area contributed by atoms with Crippen molar-refractivity contribution in [3.63, 3.8) is 0 Å². The Morgan fingerprint density at radius 3 is 2.76 bits per heavy atom. The maximum atomic E-state index is 13.5. The maximum absolute atomic E-state index is 13.5. The summed E-state index contributed by atoms with van der Waals surface area (Å²) < 4.78 is 13.5. The number of pyridine rings is 1. The first-order valence-corrected chi connectivity index (χ1v) is 11.5. The summed E-state index contributed by atoms with van der Waals surface area (Å²) in [5.41, 5.74) is 9.59. The number of likely N-dealkylation sites (tertiary alicyclic amines) is 1. The number of anilines is 1. The zero-order chi connectivity index (χ0) is 22.8. The summed E-state index contributed by atoms with van der Waals surface area (Å²) >= 11 is 0. The lowest BCUT2D eigenvalue weighted by Crippen LogP contribution is -2.38. The molecule has 0 aliphatic carbocycles. The molecule has 4 N–H and O–H groups in total. The third kappa shape index (κ3) is 4.79. The van der Waals surface area contributed by atoms with Crippen LogP contribution in [0, 0.1) is 0 Å². The van der Waals surface area contributed by atoms with Crippen LogP contribution in [-0.4, -0.2) is 64.2 Å². The minimum Gasteiger partial charge on any atom is -0.366 e. The topological polar surface area (TPSA) is 109 Å². The summed E-state index contributed by atoms with van der Waals surface area (Å²) in [5, 5.41) is 6.84. The fourth-order valence-corrected chi connectivity index (χ4v) is 4.62. The Kier molecular flexibility index (Phi) is 6.15. The summed E-state index contributed by atoms with van der Waals surface area (Å²) in [7, 11) is 0. The molecule has 2 saturated heterocycles. The second kappa shape index (κ2) is 9.36. The highest BCUT2D eigenvalue weighted by Gasteiger charge is 2.22. The first-order chi connectivity index (χ1) is 16.1. The van der Waals surface area contributed by atoms with Crippen LogP contribution < -0.4 is 16.4 Å². The molecule has 8 nitrogen and oxygen atoms in total. The number of halogens is 1. The van der Waals surface area contributed by atoms with Crippen molar-refractivity contribution in [3.8, 4) is 11.3 Å². The fraction of sp³-hybridized carbons (Fsp3) is 0.417. The van der Waals surface area contributed by atoms with E-state index in [4.69, 9.17) is 10.7 Å². The van der Waals surface area contributed by atoms with Gasteiger partial charge in [-0.2, -0.15) is 0 Å². The molecule has 2 atom stereocenters. The molecule has 2 fully saturated rings. The minimum absolute atomic E-state index is 0.230. The lowest BCUT2D eigenvalue weighted by molar-refractivity contribution is 0.100. The van der Waals surface area contributed by atoms with Gasteiger partial charge in [-0.1, -0.05) is 24.3 Å². The molecule has 1 amide bonds. The number of hydrogen-bond donors (Lipinski definition) is 3. The van der Waals surface area contributed by atoms with Crippen molar-refractivity contribution in [3.05, 3.63) is 47.8 Å². The largest absolute Gasteiger partial charge is 0.366 e. The molecular formula is C24H28FN7O. The van der Waals surface area contributed by atoms with E-state index in [1.165, 1.54) is 6.33 Å². The summed E-state index contributed by atoms with van der Waals surface area (Å²) in [6.07, 6.45) is 3.42. The van der Waals surface area contributed by atoms with E-state index in [0.29, 0.717) is 41.1 Å². The van der Waals surface area contributed by atoms with E-state index in [2.05, 4.69) is 25.5 Å². The molecule has 3 aromatic rings. The first kappa shape index (κ1) is 21.7. The highest BCUT2D eigenvalue weighted by molar-refractivity contribution is 6.06. The van der Waals surface area contributed by atoms with Crippen LogP contribution in [0.4, 0.5) is 10.2 Å². The summed E-state index contributed by atoms with van der Waals surface area (Å²) in [4.78, 5) is 27.9. The number of aromatic nitrogens is 3. The number of benzene rings is 1. The van der Waals surface area contributed by atoms with Gasteiger partial charge in [-0.3, -0.25) is 9.69 Å². The number of nitrogens with two attached hydrogens (primary N) is 1. The van der Waals surface area contributed by atoms with Gasteiger partial charge in [0.25, 0.3) is 5.91 Å². The number of fused-ring (bicyclic) bond motifs is 1. The lowest BCUT2D eigenvalue weighted by Gasteiger charge is -2.24. The Bertz CT molecular complexity index is 1150. The molecule has 33 heavy (non-hydrogen) atoms. The van der Waals surface area contributed by atoms with Crippen LogP contribution in [0.15, 0.2) is 36.7 Å². The highest BCUT2D eigenvalue weighted by atomic mass is 19.1. The smallest absolute Gasteiger partial charge is 0.251 e. The fourth-order valence-electron chi connectivity index (χ4n) is 4.62. The highest BCUT2D eigenvalue weighted by Crippen LogP contribution is 2.28. The van der Waals surface area contributed by atoms with Gasteiger partial charge in [0.15, 0.2) is 5.82 Å². The number of carbonyl (C=O) groups excluding carboxylic acids is 1. The lowest BCUT2D eigenvalue weighted by atomic mass is 10.0. The monoisotopic (exact) mass is 449 g/mol. The number of nitrogens with one attached hydrogen (secondary N) is 2. The van der Waals surface area contributed by atoms with Crippen LogP contribution >= 0.6 is 0 Å². The number of nitrogens with zero attached hydrogens (tertiary/aromatic N) is 4. The van der Waals surface area contributed by atoms with Crippen LogP contribution in [-0.2, 0) is 6.54 Å². The molecule has 0 unspecified atom stereocenters. The van der Waals surface area contributed by atoms with E-state index in [1.807, 2.05) is 24.3 Å². The number of hydrogen-bond acceptors (Lipinski definition) is 7. The third-order valence-electron chi connectivity index (χ3n) is 6.36. The van der Waals surface area contributed by atoms with E-state index in [9.17, 15) is 9.18 Å². The second-order valence-corrected chi connectivity index (χ2v) is 8.84. The van der Waals surface area contributed by atoms with E-state index in [-0.39, 0.29) is 6.04 Å². The van der Waals surface area contributed by atoms with Crippen LogP contribution in [0.5, 0.6) is 0 Å². The molecule has 0 spiro atoms. The molecule has 5 rings (SSSR count). The zero-order valence-electron chi connectivity index (χ0n) is 18.4. The van der Waals surface area contributed by atoms with E-state index < -0.39 is 12.1 Å². The summed E-state index contributed by atoms with van der Waals surface area (Å²) in [5.74, 6) is 0.0449. The Morgan fingerprint density at radius 2 is 2.06 bits per heavy atom. The van der Waals surface area contributed by atoms with Gasteiger partial charge in [-0.15, -0.1) is 0 Å². The van der Waals surface area contributed by atoms with Crippen molar-refractivity contribution >= 4 is 22.8 Å².